The van der Waals surface area contributed by atoms with Crippen molar-refractivity contribution in [3.05, 3.63) is 82.3 Å². The Morgan fingerprint density at radius 1 is 1.14 bits per heavy atom. The van der Waals surface area contributed by atoms with E-state index in [0.29, 0.717) is 6.07 Å². The number of nitrogens with one attached hydrogen (secondary N) is 1. The van der Waals surface area contributed by atoms with E-state index in [1.54, 1.807) is 13.0 Å². The fraction of sp³-hybridized carbons (Fsp3) is 0.0952. The van der Waals surface area contributed by atoms with Crippen molar-refractivity contribution in [3.8, 4) is 0 Å². The molecule has 0 aromatic heterocycles. The number of nitrogens with zero attached hydrogens (tertiary/aromatic N) is 1. The van der Waals surface area contributed by atoms with Crippen LogP contribution in [0.2, 0.25) is 0 Å². The van der Waals surface area contributed by atoms with E-state index < -0.39 is 35.2 Å². The molecule has 0 aliphatic carbocycles. The van der Waals surface area contributed by atoms with Crippen molar-refractivity contribution in [2.45, 2.75) is 6.92 Å². The molecule has 0 bridgehead atoms. The van der Waals surface area contributed by atoms with Gasteiger partial charge in [0.05, 0.1) is 10.6 Å². The predicted octanol–water partition coefficient (Wildman–Crippen LogP) is 4.59. The number of benzene rings is 2. The number of halogens is 2. The van der Waals surface area contributed by atoms with Gasteiger partial charge >= 0.3 is 0 Å². The maximum absolute atomic E-state index is 13.6. The average molecular weight is 414 g/mol. The normalized spacial score (nSPS) is 15.9. The number of carbonyl (C=O) groups excluding carboxylic acids is 3. The number of thioether (sulfide) groups is 1. The fourth-order valence-corrected chi connectivity index (χ4v) is 3.51. The molecule has 148 valence electrons. The maximum Gasteiger partial charge on any atom is 0.294 e. The van der Waals surface area contributed by atoms with Gasteiger partial charge in [-0.15, -0.1) is 0 Å². The molecule has 2 aromatic carbocycles. The summed E-state index contributed by atoms with van der Waals surface area (Å²) in [5.41, 5.74) is 1.47. The largest absolute Gasteiger partial charge is 0.322 e. The van der Waals surface area contributed by atoms with Crippen molar-refractivity contribution in [1.29, 1.82) is 0 Å². The van der Waals surface area contributed by atoms with Crippen LogP contribution in [0.1, 0.15) is 12.5 Å². The number of carbonyl (C=O) groups is 3. The molecule has 1 fully saturated rings. The van der Waals surface area contributed by atoms with Gasteiger partial charge in [-0.25, -0.2) is 8.78 Å². The first-order valence-electron chi connectivity index (χ1n) is 8.57. The number of hydrogen-bond donors (Lipinski definition) is 1. The summed E-state index contributed by atoms with van der Waals surface area (Å²) in [5, 5.41) is 1.63. The lowest BCUT2D eigenvalue weighted by molar-refractivity contribution is -0.127. The van der Waals surface area contributed by atoms with Crippen molar-refractivity contribution in [3.63, 3.8) is 0 Å². The van der Waals surface area contributed by atoms with Crippen molar-refractivity contribution < 1.29 is 23.2 Å². The number of anilines is 1. The molecule has 1 aliphatic rings. The zero-order chi connectivity index (χ0) is 21.0. The van der Waals surface area contributed by atoms with E-state index in [4.69, 9.17) is 0 Å². The Kier molecular flexibility index (Phi) is 6.23. The third-order valence-electron chi connectivity index (χ3n) is 3.93. The molecular formula is C21H16F2N2O3S. The molecule has 1 aliphatic heterocycles. The van der Waals surface area contributed by atoms with E-state index in [1.807, 2.05) is 36.4 Å². The number of rotatable bonds is 5. The van der Waals surface area contributed by atoms with E-state index in [0.717, 1.165) is 39.9 Å². The van der Waals surface area contributed by atoms with Gasteiger partial charge in [0, 0.05) is 6.07 Å². The van der Waals surface area contributed by atoms with Crippen LogP contribution >= 0.6 is 11.8 Å². The van der Waals surface area contributed by atoms with Crippen molar-refractivity contribution in [2.75, 3.05) is 11.9 Å². The minimum absolute atomic E-state index is 0.195. The summed E-state index contributed by atoms with van der Waals surface area (Å²) in [6.07, 6.45) is 3.44. The molecule has 0 radical (unpaired) electrons. The molecule has 8 heteroatoms. The first-order valence-corrected chi connectivity index (χ1v) is 9.39. The summed E-state index contributed by atoms with van der Waals surface area (Å²) < 4.78 is 26.6. The first-order chi connectivity index (χ1) is 13.8. The van der Waals surface area contributed by atoms with E-state index in [2.05, 4.69) is 5.32 Å². The van der Waals surface area contributed by atoms with Crippen LogP contribution in [0, 0.1) is 11.6 Å². The maximum atomic E-state index is 13.6. The Morgan fingerprint density at radius 2 is 1.86 bits per heavy atom. The van der Waals surface area contributed by atoms with E-state index in [1.165, 1.54) is 0 Å². The Hall–Kier alpha value is -3.26. The molecule has 5 nitrogen and oxygen atoms in total. The van der Waals surface area contributed by atoms with Crippen LogP contribution in [-0.4, -0.2) is 28.5 Å². The van der Waals surface area contributed by atoms with E-state index >= 15 is 0 Å². The summed E-state index contributed by atoms with van der Waals surface area (Å²) >= 11 is 0.728. The number of amides is 3. The number of hydrogen-bond acceptors (Lipinski definition) is 4. The lowest BCUT2D eigenvalue weighted by Crippen LogP contribution is -2.36. The van der Waals surface area contributed by atoms with Crippen LogP contribution in [0.4, 0.5) is 19.3 Å². The summed E-state index contributed by atoms with van der Waals surface area (Å²) in [4.78, 5) is 37.7. The van der Waals surface area contributed by atoms with Gasteiger partial charge in [-0.2, -0.15) is 0 Å². The lowest BCUT2D eigenvalue weighted by atomic mass is 10.1. The number of allylic oxidation sites excluding steroid dienone is 2. The zero-order valence-corrected chi connectivity index (χ0v) is 16.1. The molecule has 0 saturated carbocycles. The van der Waals surface area contributed by atoms with Gasteiger partial charge in [0.1, 0.15) is 18.2 Å². The summed E-state index contributed by atoms with van der Waals surface area (Å²) in [7, 11) is 0. The Balaban J connectivity index is 1.68. The van der Waals surface area contributed by atoms with Crippen LogP contribution in [0.25, 0.3) is 6.08 Å². The summed E-state index contributed by atoms with van der Waals surface area (Å²) in [5.74, 6) is -3.10. The van der Waals surface area contributed by atoms with Gasteiger partial charge in [0.15, 0.2) is 0 Å². The second kappa shape index (κ2) is 8.83. The van der Waals surface area contributed by atoms with Gasteiger partial charge in [0.25, 0.3) is 11.1 Å². The Bertz CT molecular complexity index is 1040. The molecule has 29 heavy (non-hydrogen) atoms. The number of imide groups is 1. The highest BCUT2D eigenvalue weighted by atomic mass is 32.2. The average Bonchev–Trinajstić information content (AvgIpc) is 2.92. The van der Waals surface area contributed by atoms with Crippen LogP contribution < -0.4 is 5.32 Å². The van der Waals surface area contributed by atoms with Crippen molar-refractivity contribution >= 4 is 40.6 Å². The third-order valence-corrected chi connectivity index (χ3v) is 4.84. The predicted molar refractivity (Wildman–Crippen MR) is 108 cm³/mol. The Morgan fingerprint density at radius 3 is 2.55 bits per heavy atom. The highest BCUT2D eigenvalue weighted by Crippen LogP contribution is 2.31. The molecule has 1 saturated heterocycles. The standard InChI is InChI=1S/C21H16F2N2O3S/c1-13(9-14-5-3-2-4-6-14)10-18-20(27)25(21(28)29-18)12-19(26)24-17-8-7-15(22)11-16(17)23/h2-11H,12H2,1H3,(H,24,26). The molecule has 1 N–H and O–H groups in total. The minimum atomic E-state index is -0.950. The van der Waals surface area contributed by atoms with Gasteiger partial charge in [-0.3, -0.25) is 19.3 Å². The lowest BCUT2D eigenvalue weighted by Gasteiger charge is -2.12. The molecule has 3 rings (SSSR count). The molecule has 0 atom stereocenters. The van der Waals surface area contributed by atoms with Crippen molar-refractivity contribution in [2.24, 2.45) is 0 Å². The minimum Gasteiger partial charge on any atom is -0.322 e. The van der Waals surface area contributed by atoms with Gasteiger partial charge < -0.3 is 5.32 Å². The van der Waals surface area contributed by atoms with Crippen LogP contribution in [0.5, 0.6) is 0 Å². The third kappa shape index (κ3) is 5.17. The second-order valence-electron chi connectivity index (χ2n) is 6.24. The highest BCUT2D eigenvalue weighted by Gasteiger charge is 2.36. The molecule has 0 spiro atoms. The van der Waals surface area contributed by atoms with E-state index in [-0.39, 0.29) is 10.6 Å². The van der Waals surface area contributed by atoms with Crippen LogP contribution in [0.15, 0.2) is 65.1 Å². The van der Waals surface area contributed by atoms with Gasteiger partial charge in [-0.1, -0.05) is 36.4 Å². The summed E-state index contributed by atoms with van der Waals surface area (Å²) in [6, 6.07) is 12.1. The monoisotopic (exact) mass is 414 g/mol. The topological polar surface area (TPSA) is 66.5 Å². The van der Waals surface area contributed by atoms with E-state index in [9.17, 15) is 23.2 Å². The van der Waals surface area contributed by atoms with Crippen molar-refractivity contribution in [1.82, 2.24) is 4.90 Å². The van der Waals surface area contributed by atoms with Gasteiger partial charge in [-0.05, 0) is 48.0 Å². The first kappa shape index (κ1) is 20.5. The van der Waals surface area contributed by atoms with Crippen LogP contribution in [0.3, 0.4) is 0 Å². The second-order valence-corrected chi connectivity index (χ2v) is 7.23. The van der Waals surface area contributed by atoms with Crippen LogP contribution in [-0.2, 0) is 9.59 Å². The molecular weight excluding hydrogens is 398 g/mol. The molecule has 2 aromatic rings. The highest BCUT2D eigenvalue weighted by molar-refractivity contribution is 8.18. The fourth-order valence-electron chi connectivity index (χ4n) is 2.62. The Labute approximate surface area is 170 Å². The quantitative estimate of drug-likeness (QED) is 0.727. The molecule has 1 heterocycles. The molecule has 0 unspecified atom stereocenters. The summed E-state index contributed by atoms with van der Waals surface area (Å²) in [6.45, 7) is 1.23. The smallest absolute Gasteiger partial charge is 0.294 e. The SMILES string of the molecule is CC(=Cc1ccccc1)C=C1SC(=O)N(CC(=O)Nc2ccc(F)cc2F)C1=O. The zero-order valence-electron chi connectivity index (χ0n) is 15.3. The van der Waals surface area contributed by atoms with Gasteiger partial charge in [0.2, 0.25) is 5.91 Å². The molecule has 3 amide bonds.